The highest BCUT2D eigenvalue weighted by atomic mass is 32.2. The molecule has 0 fully saturated rings. The minimum absolute atomic E-state index is 0.344. The quantitative estimate of drug-likeness (QED) is 0.750. The molecule has 0 bridgehead atoms. The number of benzene rings is 1. The van der Waals surface area contributed by atoms with Gasteiger partial charge in [0.15, 0.2) is 0 Å². The highest BCUT2D eigenvalue weighted by Gasteiger charge is 2.31. The number of hydrogen-bond acceptors (Lipinski definition) is 6. The molecule has 10 heteroatoms. The van der Waals surface area contributed by atoms with Crippen LogP contribution in [0.15, 0.2) is 50.5 Å². The molecule has 0 aliphatic heterocycles. The Bertz CT molecular complexity index is 1050. The van der Waals surface area contributed by atoms with Gasteiger partial charge in [0.1, 0.15) is 0 Å². The molecule has 0 radical (unpaired) electrons. The largest absolute Gasteiger partial charge is 0.328 e. The van der Waals surface area contributed by atoms with E-state index < -0.39 is 33.1 Å². The molecule has 120 valence electrons. The minimum atomic E-state index is -4.34. The first kappa shape index (κ1) is 15.6. The third-order valence-electron chi connectivity index (χ3n) is 3.09. The predicted molar refractivity (Wildman–Crippen MR) is 83.0 cm³/mol. The zero-order valence-corrected chi connectivity index (χ0v) is 13.1. The molecule has 0 aliphatic carbocycles. The van der Waals surface area contributed by atoms with Crippen molar-refractivity contribution in [2.45, 2.75) is 16.4 Å². The van der Waals surface area contributed by atoms with Crippen LogP contribution >= 0.6 is 11.3 Å². The zero-order chi connectivity index (χ0) is 16.6. The second kappa shape index (κ2) is 5.70. The third kappa shape index (κ3) is 2.94. The molecule has 1 N–H and O–H groups in total. The minimum Gasteiger partial charge on any atom is -0.297 e. The Morgan fingerprint density at radius 2 is 2.00 bits per heavy atom. The van der Waals surface area contributed by atoms with Crippen LogP contribution in [0.4, 0.5) is 4.39 Å². The first-order valence-electron chi connectivity index (χ1n) is 6.41. The van der Waals surface area contributed by atoms with E-state index in [1.807, 2.05) is 4.98 Å². The smallest absolute Gasteiger partial charge is 0.297 e. The fourth-order valence-electron chi connectivity index (χ4n) is 1.92. The third-order valence-corrected chi connectivity index (χ3v) is 6.27. The fraction of sp³-hybridized carbons (Fsp3) is 0.154. The number of halogens is 1. The van der Waals surface area contributed by atoms with Crippen LogP contribution in [0.1, 0.15) is 0 Å². The summed E-state index contributed by atoms with van der Waals surface area (Å²) in [4.78, 5) is 28.3. The summed E-state index contributed by atoms with van der Waals surface area (Å²) in [7, 11) is -4.34. The van der Waals surface area contributed by atoms with Crippen molar-refractivity contribution in [3.63, 3.8) is 0 Å². The summed E-state index contributed by atoms with van der Waals surface area (Å²) in [6.07, 6.45) is 1.04. The second-order valence-electron chi connectivity index (χ2n) is 4.67. The van der Waals surface area contributed by atoms with Crippen molar-refractivity contribution >= 4 is 31.4 Å². The van der Waals surface area contributed by atoms with E-state index in [0.717, 1.165) is 28.2 Å². The topological polar surface area (TPSA) is 102 Å². The summed E-state index contributed by atoms with van der Waals surface area (Å²) in [6, 6.07) is 7.75. The Morgan fingerprint density at radius 1 is 1.26 bits per heavy atom. The maximum absolute atomic E-state index is 14.3. The summed E-state index contributed by atoms with van der Waals surface area (Å²) in [5.41, 5.74) is -3.41. The molecule has 0 saturated carbocycles. The lowest BCUT2D eigenvalue weighted by atomic mass is 10.3. The van der Waals surface area contributed by atoms with Crippen LogP contribution in [-0.2, 0) is 16.4 Å². The van der Waals surface area contributed by atoms with E-state index in [1.165, 1.54) is 0 Å². The molecule has 7 nitrogen and oxygen atoms in total. The van der Waals surface area contributed by atoms with E-state index in [4.69, 9.17) is 0 Å². The van der Waals surface area contributed by atoms with E-state index in [1.54, 1.807) is 24.3 Å². The van der Waals surface area contributed by atoms with Crippen molar-refractivity contribution in [2.24, 2.45) is 0 Å². The number of alkyl halides is 1. The monoisotopic (exact) mass is 355 g/mol. The number of rotatable bonds is 4. The number of nitrogens with zero attached hydrogens (tertiary/aromatic N) is 2. The Morgan fingerprint density at radius 3 is 2.70 bits per heavy atom. The number of para-hydroxylation sites is 1. The second-order valence-corrected chi connectivity index (χ2v) is 7.94. The predicted octanol–water partition coefficient (Wildman–Crippen LogP) is 0.916. The highest BCUT2D eigenvalue weighted by molar-refractivity contribution is 7.93. The van der Waals surface area contributed by atoms with Crippen LogP contribution in [0, 0.1) is 0 Å². The molecule has 23 heavy (non-hydrogen) atoms. The van der Waals surface area contributed by atoms with Crippen LogP contribution in [0.5, 0.6) is 0 Å². The lowest BCUT2D eigenvalue weighted by Crippen LogP contribution is -2.33. The molecule has 3 aromatic rings. The number of nitrogens with one attached hydrogen (secondary N) is 1. The van der Waals surface area contributed by atoms with Gasteiger partial charge in [-0.2, -0.15) is 0 Å². The van der Waals surface area contributed by atoms with Gasteiger partial charge in [0.2, 0.25) is 19.7 Å². The average Bonchev–Trinajstić information content (AvgIpc) is 2.94. The van der Waals surface area contributed by atoms with Crippen molar-refractivity contribution in [1.29, 1.82) is 0 Å². The Kier molecular flexibility index (Phi) is 3.86. The average molecular weight is 355 g/mol. The molecular formula is C13H10FN3O4S2. The number of aromatic amines is 1. The molecule has 1 unspecified atom stereocenters. The van der Waals surface area contributed by atoms with Gasteiger partial charge in [-0.15, -0.1) is 11.3 Å². The standard InChI is InChI=1S/C13H10FN3O4S2/c14-10(7-17-6-5-11(18)16-12(17)19)23(20,21)13-15-8-3-1-2-4-9(8)22-13/h1-6,10H,7H2,(H,16,18,19). The van der Waals surface area contributed by atoms with Gasteiger partial charge >= 0.3 is 5.69 Å². The van der Waals surface area contributed by atoms with Gasteiger partial charge in [0, 0.05) is 12.3 Å². The molecule has 1 aromatic carbocycles. The van der Waals surface area contributed by atoms with Crippen molar-refractivity contribution in [3.05, 3.63) is 57.4 Å². The lowest BCUT2D eigenvalue weighted by molar-refractivity contribution is 0.371. The van der Waals surface area contributed by atoms with Crippen LogP contribution in [-0.4, -0.2) is 28.5 Å². The maximum atomic E-state index is 14.3. The van der Waals surface area contributed by atoms with E-state index in [9.17, 15) is 22.4 Å². The number of fused-ring (bicyclic) bond motifs is 1. The first-order chi connectivity index (χ1) is 10.9. The first-order valence-corrected chi connectivity index (χ1v) is 8.77. The molecule has 3 rings (SSSR count). The molecule has 0 spiro atoms. The number of H-pyrrole nitrogens is 1. The van der Waals surface area contributed by atoms with Gasteiger partial charge in [-0.1, -0.05) is 12.1 Å². The van der Waals surface area contributed by atoms with Gasteiger partial charge < -0.3 is 0 Å². The van der Waals surface area contributed by atoms with E-state index in [0.29, 0.717) is 10.2 Å². The van der Waals surface area contributed by atoms with Crippen LogP contribution < -0.4 is 11.2 Å². The van der Waals surface area contributed by atoms with Gasteiger partial charge in [-0.05, 0) is 12.1 Å². The molecule has 2 aromatic heterocycles. The van der Waals surface area contributed by atoms with Crippen molar-refractivity contribution in [2.75, 3.05) is 0 Å². The van der Waals surface area contributed by atoms with Crippen molar-refractivity contribution in [3.8, 4) is 0 Å². The van der Waals surface area contributed by atoms with Gasteiger partial charge in [-0.25, -0.2) is 22.6 Å². The summed E-state index contributed by atoms with van der Waals surface area (Å²) < 4.78 is 39.9. The summed E-state index contributed by atoms with van der Waals surface area (Å²) in [5.74, 6) is 0. The van der Waals surface area contributed by atoms with Gasteiger partial charge in [0.05, 0.1) is 16.8 Å². The van der Waals surface area contributed by atoms with E-state index in [2.05, 4.69) is 4.98 Å². The molecule has 0 amide bonds. The lowest BCUT2D eigenvalue weighted by Gasteiger charge is -2.09. The van der Waals surface area contributed by atoms with Crippen molar-refractivity contribution < 1.29 is 12.8 Å². The molecular weight excluding hydrogens is 345 g/mol. The number of aromatic nitrogens is 3. The Labute approximate surface area is 133 Å². The van der Waals surface area contributed by atoms with Crippen LogP contribution in [0.3, 0.4) is 0 Å². The van der Waals surface area contributed by atoms with Gasteiger partial charge in [0.25, 0.3) is 5.56 Å². The van der Waals surface area contributed by atoms with E-state index in [-0.39, 0.29) is 4.34 Å². The number of hydrogen-bond donors (Lipinski definition) is 1. The summed E-state index contributed by atoms with van der Waals surface area (Å²) in [6.45, 7) is -0.728. The number of thiazole rings is 1. The molecule has 1 atom stereocenters. The normalized spacial score (nSPS) is 13.3. The van der Waals surface area contributed by atoms with E-state index >= 15 is 0 Å². The molecule has 0 saturated heterocycles. The zero-order valence-electron chi connectivity index (χ0n) is 11.5. The van der Waals surface area contributed by atoms with Crippen LogP contribution in [0.2, 0.25) is 0 Å². The molecule has 2 heterocycles. The summed E-state index contributed by atoms with van der Waals surface area (Å²) >= 11 is 0.865. The number of sulfone groups is 1. The van der Waals surface area contributed by atoms with Crippen molar-refractivity contribution in [1.82, 2.24) is 14.5 Å². The summed E-state index contributed by atoms with van der Waals surface area (Å²) in [5, 5.41) is 0. The fourth-order valence-corrected chi connectivity index (χ4v) is 4.47. The van der Waals surface area contributed by atoms with Gasteiger partial charge in [-0.3, -0.25) is 14.3 Å². The highest BCUT2D eigenvalue weighted by Crippen LogP contribution is 2.28. The maximum Gasteiger partial charge on any atom is 0.328 e. The molecule has 0 aliphatic rings. The Balaban J connectivity index is 1.95. The SMILES string of the molecule is O=c1ccn(CC(F)S(=O)(=O)c2nc3ccccc3s2)c(=O)[nH]1. The van der Waals surface area contributed by atoms with Crippen LogP contribution in [0.25, 0.3) is 10.2 Å². The Hall–Kier alpha value is -2.33.